The molecule has 0 aromatic heterocycles. The third kappa shape index (κ3) is 7.31. The summed E-state index contributed by atoms with van der Waals surface area (Å²) in [6.07, 6.45) is 4.08. The number of ether oxygens (including phenoxy) is 1. The van der Waals surface area contributed by atoms with Crippen LogP contribution >= 0.6 is 35.6 Å². The molecule has 1 unspecified atom stereocenters. The molecule has 7 heteroatoms. The van der Waals surface area contributed by atoms with Gasteiger partial charge in [-0.25, -0.2) is 0 Å². The van der Waals surface area contributed by atoms with Gasteiger partial charge in [0.1, 0.15) is 12.4 Å². The lowest BCUT2D eigenvalue weighted by molar-refractivity contribution is 0.281. The number of aliphatic imine (C=N–C) groups is 1. The van der Waals surface area contributed by atoms with Crippen LogP contribution in [0.1, 0.15) is 26.2 Å². The van der Waals surface area contributed by atoms with Crippen LogP contribution in [0, 0.1) is 5.92 Å². The smallest absolute Gasteiger partial charge is 0.193 e. The number of likely N-dealkylation sites (tertiary alicyclic amines) is 1. The third-order valence-electron chi connectivity index (χ3n) is 5.09. The Morgan fingerprint density at radius 1 is 1.30 bits per heavy atom. The summed E-state index contributed by atoms with van der Waals surface area (Å²) >= 11 is 5.90. The van der Waals surface area contributed by atoms with Crippen molar-refractivity contribution in [1.82, 2.24) is 15.1 Å². The summed E-state index contributed by atoms with van der Waals surface area (Å²) in [6.45, 7) is 7.77. The van der Waals surface area contributed by atoms with Gasteiger partial charge in [0.05, 0.1) is 6.54 Å². The maximum Gasteiger partial charge on any atom is 0.193 e. The first-order valence-electron chi connectivity index (χ1n) is 9.77. The zero-order chi connectivity index (χ0) is 18.4. The van der Waals surface area contributed by atoms with E-state index in [0.29, 0.717) is 12.5 Å². The molecule has 1 saturated carbocycles. The number of nitrogens with one attached hydrogen (secondary N) is 1. The maximum absolute atomic E-state index is 5.90. The van der Waals surface area contributed by atoms with E-state index in [1.807, 2.05) is 24.3 Å². The lowest BCUT2D eigenvalue weighted by Crippen LogP contribution is -2.41. The van der Waals surface area contributed by atoms with Gasteiger partial charge in [0.2, 0.25) is 0 Å². The zero-order valence-electron chi connectivity index (χ0n) is 16.4. The van der Waals surface area contributed by atoms with Crippen molar-refractivity contribution in [3.8, 4) is 5.75 Å². The Bertz CT molecular complexity index is 594. The van der Waals surface area contributed by atoms with Crippen molar-refractivity contribution in [2.75, 3.05) is 46.4 Å². The van der Waals surface area contributed by atoms with Crippen molar-refractivity contribution >= 4 is 41.5 Å². The number of nitrogens with zero attached hydrogens (tertiary/aromatic N) is 3. The Morgan fingerprint density at radius 2 is 2.04 bits per heavy atom. The summed E-state index contributed by atoms with van der Waals surface area (Å²) in [6, 6.07) is 8.36. The van der Waals surface area contributed by atoms with Gasteiger partial charge in [-0.05, 0) is 62.9 Å². The average molecular weight is 507 g/mol. The van der Waals surface area contributed by atoms with E-state index >= 15 is 0 Å². The second-order valence-electron chi connectivity index (χ2n) is 7.30. The van der Waals surface area contributed by atoms with Crippen molar-refractivity contribution in [2.45, 2.75) is 32.2 Å². The highest BCUT2D eigenvalue weighted by Gasteiger charge is 2.34. The molecule has 1 heterocycles. The van der Waals surface area contributed by atoms with Gasteiger partial charge >= 0.3 is 0 Å². The van der Waals surface area contributed by atoms with Crippen LogP contribution in [-0.2, 0) is 0 Å². The van der Waals surface area contributed by atoms with Crippen LogP contribution in [0.3, 0.4) is 0 Å². The van der Waals surface area contributed by atoms with Crippen molar-refractivity contribution in [2.24, 2.45) is 10.9 Å². The first-order valence-corrected chi connectivity index (χ1v) is 10.2. The number of benzene rings is 1. The minimum atomic E-state index is 0. The van der Waals surface area contributed by atoms with Gasteiger partial charge < -0.3 is 19.9 Å². The minimum absolute atomic E-state index is 0. The Morgan fingerprint density at radius 3 is 2.70 bits per heavy atom. The number of hydrogen-bond donors (Lipinski definition) is 1. The number of likely N-dealkylation sites (N-methyl/N-ethyl adjacent to an activating group) is 1. The van der Waals surface area contributed by atoms with E-state index < -0.39 is 0 Å². The number of halogens is 2. The van der Waals surface area contributed by atoms with Crippen LogP contribution in [0.15, 0.2) is 29.3 Å². The number of hydrogen-bond acceptors (Lipinski definition) is 3. The summed E-state index contributed by atoms with van der Waals surface area (Å²) < 4.78 is 5.80. The van der Waals surface area contributed by atoms with Gasteiger partial charge in [-0.1, -0.05) is 11.6 Å². The van der Waals surface area contributed by atoms with E-state index in [2.05, 4.69) is 29.1 Å². The van der Waals surface area contributed by atoms with Crippen molar-refractivity contribution in [1.29, 1.82) is 0 Å². The highest BCUT2D eigenvalue weighted by Crippen LogP contribution is 2.31. The second-order valence-corrected chi connectivity index (χ2v) is 7.74. The van der Waals surface area contributed by atoms with Crippen LogP contribution in [0.4, 0.5) is 0 Å². The lowest BCUT2D eigenvalue weighted by atomic mass is 10.1. The fraction of sp³-hybridized carbons (Fsp3) is 0.650. The molecule has 5 nitrogen and oxygen atoms in total. The van der Waals surface area contributed by atoms with Gasteiger partial charge in [-0.2, -0.15) is 0 Å². The van der Waals surface area contributed by atoms with Crippen molar-refractivity contribution in [3.63, 3.8) is 0 Å². The molecule has 1 saturated heterocycles. The fourth-order valence-corrected chi connectivity index (χ4v) is 3.53. The van der Waals surface area contributed by atoms with Crippen LogP contribution in [0.2, 0.25) is 5.02 Å². The van der Waals surface area contributed by atoms with Gasteiger partial charge in [-0.3, -0.25) is 4.99 Å². The largest absolute Gasteiger partial charge is 0.492 e. The van der Waals surface area contributed by atoms with E-state index in [1.54, 1.807) is 0 Å². The maximum atomic E-state index is 5.90. The molecule has 1 aromatic carbocycles. The second kappa shape index (κ2) is 11.3. The molecule has 0 bridgehead atoms. The molecule has 1 aromatic rings. The summed E-state index contributed by atoms with van der Waals surface area (Å²) in [5, 5.41) is 4.12. The summed E-state index contributed by atoms with van der Waals surface area (Å²) in [5.74, 6) is 2.51. The van der Waals surface area contributed by atoms with E-state index in [1.165, 1.54) is 32.4 Å². The van der Waals surface area contributed by atoms with Gasteiger partial charge in [0, 0.05) is 37.7 Å². The topological polar surface area (TPSA) is 40.1 Å². The lowest BCUT2D eigenvalue weighted by Gasteiger charge is -2.22. The Hall–Kier alpha value is -0.730. The SMILES string of the molecule is CCNC(=NCC1CCN(C2CC2)C1)N(C)CCOc1ccc(Cl)cc1.I. The van der Waals surface area contributed by atoms with Crippen LogP contribution in [0.5, 0.6) is 5.75 Å². The fourth-order valence-electron chi connectivity index (χ4n) is 3.41. The average Bonchev–Trinajstić information content (AvgIpc) is 3.39. The molecule has 3 rings (SSSR count). The number of rotatable bonds is 8. The molecule has 0 amide bonds. The molecule has 0 radical (unpaired) electrons. The predicted octanol–water partition coefficient (Wildman–Crippen LogP) is 3.72. The molecule has 152 valence electrons. The molecule has 0 spiro atoms. The highest BCUT2D eigenvalue weighted by atomic mass is 127. The van der Waals surface area contributed by atoms with Gasteiger partial charge in [0.15, 0.2) is 5.96 Å². The van der Waals surface area contributed by atoms with Crippen LogP contribution < -0.4 is 10.1 Å². The van der Waals surface area contributed by atoms with Gasteiger partial charge in [0.25, 0.3) is 0 Å². The molecular formula is C20H32ClIN4O. The van der Waals surface area contributed by atoms with Crippen molar-refractivity contribution in [3.05, 3.63) is 29.3 Å². The Kier molecular flexibility index (Phi) is 9.45. The van der Waals surface area contributed by atoms with Gasteiger partial charge in [-0.15, -0.1) is 24.0 Å². The highest BCUT2D eigenvalue weighted by molar-refractivity contribution is 14.0. The third-order valence-corrected chi connectivity index (χ3v) is 5.34. The molecule has 2 fully saturated rings. The van der Waals surface area contributed by atoms with Crippen LogP contribution in [0.25, 0.3) is 0 Å². The molecule has 1 N–H and O–H groups in total. The Labute approximate surface area is 185 Å². The van der Waals surface area contributed by atoms with E-state index in [-0.39, 0.29) is 24.0 Å². The summed E-state index contributed by atoms with van der Waals surface area (Å²) in [4.78, 5) is 9.67. The Balaban J connectivity index is 0.00000261. The first-order chi connectivity index (χ1) is 12.7. The number of guanidine groups is 1. The zero-order valence-corrected chi connectivity index (χ0v) is 19.5. The monoisotopic (exact) mass is 506 g/mol. The quantitative estimate of drug-likeness (QED) is 0.331. The van der Waals surface area contributed by atoms with Crippen molar-refractivity contribution < 1.29 is 4.74 Å². The molecule has 27 heavy (non-hydrogen) atoms. The molecule has 1 aliphatic heterocycles. The van der Waals surface area contributed by atoms with E-state index in [4.69, 9.17) is 21.3 Å². The minimum Gasteiger partial charge on any atom is -0.492 e. The van der Waals surface area contributed by atoms with Crippen LogP contribution in [-0.4, -0.2) is 68.2 Å². The standard InChI is InChI=1S/C20H31ClN4O.HI/c1-3-22-20(23-14-16-10-11-25(15-16)18-6-7-18)24(2)12-13-26-19-8-4-17(21)5-9-19;/h4-5,8-9,16,18H,3,6-7,10-15H2,1-2H3,(H,22,23);1H. The molecule has 1 aliphatic carbocycles. The van der Waals surface area contributed by atoms with E-state index in [0.717, 1.165) is 42.4 Å². The molecule has 2 aliphatic rings. The molecule has 1 atom stereocenters. The van der Waals surface area contributed by atoms with E-state index in [9.17, 15) is 0 Å². The summed E-state index contributed by atoms with van der Waals surface area (Å²) in [5.41, 5.74) is 0. The molecular weight excluding hydrogens is 475 g/mol. The summed E-state index contributed by atoms with van der Waals surface area (Å²) in [7, 11) is 2.07. The normalized spacial score (nSPS) is 20.3. The first kappa shape index (κ1) is 22.6. The predicted molar refractivity (Wildman–Crippen MR) is 124 cm³/mol.